The van der Waals surface area contributed by atoms with Crippen LogP contribution in [0.25, 0.3) is 44.4 Å². The normalized spacial score (nSPS) is 12.9. The van der Waals surface area contributed by atoms with Crippen LogP contribution >= 0.6 is 0 Å². The Balaban J connectivity index is 0.00000585. The number of ether oxygens (including phenoxy) is 1. The van der Waals surface area contributed by atoms with E-state index in [0.29, 0.717) is 22.8 Å². The summed E-state index contributed by atoms with van der Waals surface area (Å²) in [4.78, 5) is 4.95. The van der Waals surface area contributed by atoms with E-state index in [1.54, 1.807) is 0 Å². The van der Waals surface area contributed by atoms with Gasteiger partial charge in [0.1, 0.15) is 5.82 Å². The summed E-state index contributed by atoms with van der Waals surface area (Å²) < 4.78 is 11.2. The molecule has 7 aromatic rings. The van der Waals surface area contributed by atoms with Gasteiger partial charge in [0.2, 0.25) is 0 Å². The molecule has 5 nitrogen and oxygen atoms in total. The molecule has 0 bridgehead atoms. The van der Waals surface area contributed by atoms with Crippen LogP contribution in [0.4, 0.5) is 0 Å². The number of benzene rings is 4. The van der Waals surface area contributed by atoms with Crippen LogP contribution in [0.5, 0.6) is 11.5 Å². The molecule has 0 N–H and O–H groups in total. The number of hydrogen-bond donors (Lipinski definition) is 0. The third-order valence-electron chi connectivity index (χ3n) is 11.6. The van der Waals surface area contributed by atoms with E-state index in [4.69, 9.17) is 14.8 Å². The fourth-order valence-corrected chi connectivity index (χ4v) is 8.12. The number of rotatable bonds is 11. The molecule has 0 fully saturated rings. The van der Waals surface area contributed by atoms with Crippen molar-refractivity contribution < 1.29 is 25.8 Å². The Morgan fingerprint density at radius 3 is 2.12 bits per heavy atom. The Hall–Kier alpha value is -4.47. The van der Waals surface area contributed by atoms with Crippen molar-refractivity contribution in [2.75, 3.05) is 0 Å². The van der Waals surface area contributed by atoms with E-state index in [2.05, 4.69) is 189 Å². The van der Waals surface area contributed by atoms with Gasteiger partial charge in [0.15, 0.2) is 0 Å². The second-order valence-corrected chi connectivity index (χ2v) is 19.4. The smallest absolute Gasteiger partial charge is 0.509 e. The van der Waals surface area contributed by atoms with E-state index in [9.17, 15) is 0 Å². The first-order valence-corrected chi connectivity index (χ1v) is 21.3. The van der Waals surface area contributed by atoms with Crippen LogP contribution in [-0.2, 0) is 44.7 Å². The van der Waals surface area contributed by atoms with E-state index < -0.39 is 0 Å². The minimum atomic E-state index is -0.136. The summed E-state index contributed by atoms with van der Waals surface area (Å²) in [6, 6.07) is 37.9. The third kappa shape index (κ3) is 9.47. The zero-order valence-electron chi connectivity index (χ0n) is 37.3. The molecular formula is C53H62N4OPt. The van der Waals surface area contributed by atoms with Crippen LogP contribution in [0.3, 0.4) is 0 Å². The molecule has 3 aromatic heterocycles. The van der Waals surface area contributed by atoms with Crippen LogP contribution in [0, 0.1) is 17.5 Å². The quantitative estimate of drug-likeness (QED) is 0.121. The Kier molecular flexibility index (Phi) is 12.9. The first-order valence-electron chi connectivity index (χ1n) is 21.3. The fourth-order valence-electron chi connectivity index (χ4n) is 8.12. The largest absolute Gasteiger partial charge is 2.00 e. The van der Waals surface area contributed by atoms with Crippen molar-refractivity contribution in [3.63, 3.8) is 0 Å². The van der Waals surface area contributed by atoms with Crippen LogP contribution in [0.1, 0.15) is 136 Å². The molecule has 3 heterocycles. The fraction of sp³-hybridized carbons (Fsp3) is 0.396. The van der Waals surface area contributed by atoms with Crippen molar-refractivity contribution in [2.24, 2.45) is 5.41 Å². The van der Waals surface area contributed by atoms with Crippen LogP contribution in [0.2, 0.25) is 0 Å². The molecule has 0 aliphatic rings. The third-order valence-corrected chi connectivity index (χ3v) is 11.6. The predicted molar refractivity (Wildman–Crippen MR) is 243 cm³/mol. The average molecular weight is 966 g/mol. The molecule has 6 heteroatoms. The van der Waals surface area contributed by atoms with Crippen LogP contribution in [-0.4, -0.2) is 19.3 Å². The van der Waals surface area contributed by atoms with Crippen molar-refractivity contribution in [1.29, 1.82) is 0 Å². The van der Waals surface area contributed by atoms with Crippen LogP contribution < -0.4 is 4.74 Å². The van der Waals surface area contributed by atoms with Gasteiger partial charge in [-0.2, -0.15) is 11.2 Å². The van der Waals surface area contributed by atoms with Gasteiger partial charge >= 0.3 is 21.1 Å². The van der Waals surface area contributed by atoms with Gasteiger partial charge in [-0.1, -0.05) is 137 Å². The van der Waals surface area contributed by atoms with E-state index >= 15 is 0 Å². The zero-order valence-corrected chi connectivity index (χ0v) is 39.6. The summed E-state index contributed by atoms with van der Waals surface area (Å²) >= 11 is 0. The van der Waals surface area contributed by atoms with Crippen LogP contribution in [0.15, 0.2) is 91.1 Å². The van der Waals surface area contributed by atoms with E-state index in [0.717, 1.165) is 52.0 Å². The molecule has 0 spiro atoms. The number of pyridine rings is 1. The number of fused-ring (bicyclic) bond motifs is 3. The summed E-state index contributed by atoms with van der Waals surface area (Å²) in [7, 11) is 0. The molecule has 59 heavy (non-hydrogen) atoms. The van der Waals surface area contributed by atoms with E-state index in [-0.39, 0.29) is 31.9 Å². The standard InChI is InChI=1S/C53H62N4O.Pt/c1-13-45-50(36-20-16-15-17-21-36)46(14-2)57(55-45)40-30-39(53(10,11)12)31-42(33-40)58-41-23-24-43-44-29-37(35(3)19-18-27-51(4,5)6)22-25-47(44)56(48(43)34-41)49-32-38(26-28-54-49)52(7,8)9;/h15-17,20-26,28-32,35H,13-14,18-19,27H2,1-12H3;/q-2;+2. The first-order chi connectivity index (χ1) is 27.4. The summed E-state index contributed by atoms with van der Waals surface area (Å²) in [6.07, 6.45) is 7.20. The second-order valence-electron chi connectivity index (χ2n) is 19.4. The Labute approximate surface area is 367 Å². The molecule has 0 aliphatic heterocycles. The SMILES string of the molecule is CCc1nn(-c2[c-]c(Oc3[c-]c4c(cc3)c3cc(C(C)CCCC(C)(C)C)ccc3n4-c3cc(C(C)(C)C)ccn3)cc(C(C)(C)C)c2)c(CC)c1-c1ccccc1.[Pt+2]. The molecule has 0 saturated carbocycles. The maximum atomic E-state index is 6.82. The minimum Gasteiger partial charge on any atom is -0.509 e. The van der Waals surface area contributed by atoms with Crippen molar-refractivity contribution in [1.82, 2.24) is 19.3 Å². The van der Waals surface area contributed by atoms with Gasteiger partial charge in [-0.25, -0.2) is 4.98 Å². The molecule has 1 unspecified atom stereocenters. The first kappa shape index (κ1) is 44.1. The van der Waals surface area contributed by atoms with Crippen molar-refractivity contribution in [2.45, 2.75) is 132 Å². The van der Waals surface area contributed by atoms with E-state index in [1.165, 1.54) is 52.6 Å². The summed E-state index contributed by atoms with van der Waals surface area (Å²) in [5.74, 6) is 2.60. The summed E-state index contributed by atoms with van der Waals surface area (Å²) in [5, 5.41) is 7.55. The Morgan fingerprint density at radius 2 is 1.46 bits per heavy atom. The van der Waals surface area contributed by atoms with Gasteiger partial charge in [0.25, 0.3) is 0 Å². The van der Waals surface area contributed by atoms with Gasteiger partial charge in [0, 0.05) is 34.5 Å². The van der Waals surface area contributed by atoms with Crippen molar-refractivity contribution in [3.05, 3.63) is 131 Å². The average Bonchev–Trinajstić information content (AvgIpc) is 3.72. The maximum Gasteiger partial charge on any atom is 2.00 e. The maximum absolute atomic E-state index is 6.82. The number of aromatic nitrogens is 4. The second kappa shape index (κ2) is 17.3. The topological polar surface area (TPSA) is 44.9 Å². The van der Waals surface area contributed by atoms with Gasteiger partial charge in [-0.3, -0.25) is 4.68 Å². The van der Waals surface area contributed by atoms with Gasteiger partial charge in [-0.15, -0.1) is 41.3 Å². The van der Waals surface area contributed by atoms with Crippen molar-refractivity contribution in [3.8, 4) is 34.1 Å². The number of hydrogen-bond acceptors (Lipinski definition) is 3. The number of aryl methyl sites for hydroxylation is 1. The molecule has 0 saturated heterocycles. The molecule has 4 aromatic carbocycles. The molecule has 0 radical (unpaired) electrons. The van der Waals surface area contributed by atoms with Gasteiger partial charge in [0.05, 0.1) is 5.69 Å². The monoisotopic (exact) mass is 965 g/mol. The van der Waals surface area contributed by atoms with Crippen molar-refractivity contribution >= 4 is 21.8 Å². The molecular weight excluding hydrogens is 904 g/mol. The Bertz CT molecular complexity index is 2560. The van der Waals surface area contributed by atoms with Gasteiger partial charge < -0.3 is 9.30 Å². The molecule has 7 rings (SSSR count). The minimum absolute atomic E-state index is 0. The molecule has 310 valence electrons. The molecule has 0 amide bonds. The summed E-state index contributed by atoms with van der Waals surface area (Å²) in [6.45, 7) is 27.2. The predicted octanol–water partition coefficient (Wildman–Crippen LogP) is 14.5. The molecule has 1 atom stereocenters. The van der Waals surface area contributed by atoms with Gasteiger partial charge in [-0.05, 0) is 93.8 Å². The number of nitrogens with zero attached hydrogens (tertiary/aromatic N) is 4. The van der Waals surface area contributed by atoms with E-state index in [1.807, 2.05) is 6.20 Å². The zero-order chi connectivity index (χ0) is 41.6. The molecule has 0 aliphatic carbocycles. The Morgan fingerprint density at radius 1 is 0.729 bits per heavy atom. The summed E-state index contributed by atoms with van der Waals surface area (Å²) in [5.41, 5.74) is 11.5.